The molecule has 0 radical (unpaired) electrons. The van der Waals surface area contributed by atoms with Gasteiger partial charge < -0.3 is 10.6 Å². The van der Waals surface area contributed by atoms with Crippen molar-refractivity contribution in [3.05, 3.63) is 29.8 Å². The average Bonchev–Trinajstić information content (AvgIpc) is 3.11. The van der Waals surface area contributed by atoms with Crippen LogP contribution in [0.1, 0.15) is 44.6 Å². The summed E-state index contributed by atoms with van der Waals surface area (Å²) < 4.78 is 61.0. The summed E-state index contributed by atoms with van der Waals surface area (Å²) in [5.41, 5.74) is -1.41. The molecule has 168 valence electrons. The fourth-order valence-electron chi connectivity index (χ4n) is 2.72. The van der Waals surface area contributed by atoms with Crippen LogP contribution < -0.4 is 10.6 Å². The summed E-state index contributed by atoms with van der Waals surface area (Å²) in [4.78, 5) is 12.0. The summed E-state index contributed by atoms with van der Waals surface area (Å²) in [5.74, 6) is 0.385. The van der Waals surface area contributed by atoms with Gasteiger partial charge in [0.2, 0.25) is 0 Å². The van der Waals surface area contributed by atoms with Gasteiger partial charge in [-0.1, -0.05) is 44.0 Å². The van der Waals surface area contributed by atoms with E-state index in [0.717, 1.165) is 37.8 Å². The second-order valence-electron chi connectivity index (χ2n) is 6.79. The molecule has 2 rings (SSSR count). The Labute approximate surface area is 178 Å². The SMILES string of the molecule is CCS(=O)(=O)CCCCCC[C@H]1N=N[C@@H](NC(=O)Nc2cccc(C(F)(F)F)c2)S1. The molecule has 1 aliphatic rings. The number of carbonyl (C=O) groups is 1. The molecule has 1 aromatic carbocycles. The summed E-state index contributed by atoms with van der Waals surface area (Å²) >= 11 is 1.35. The third-order valence-corrected chi connectivity index (χ3v) is 7.29. The molecule has 2 amide bonds. The minimum absolute atomic E-state index is 0.0314. The van der Waals surface area contributed by atoms with Crippen LogP contribution in [0, 0.1) is 0 Å². The van der Waals surface area contributed by atoms with Crippen LogP contribution in [0.15, 0.2) is 34.5 Å². The van der Waals surface area contributed by atoms with Crippen LogP contribution in [0.5, 0.6) is 0 Å². The molecule has 2 atom stereocenters. The summed E-state index contributed by atoms with van der Waals surface area (Å²) in [6.07, 6.45) is -0.501. The smallest absolute Gasteiger partial charge is 0.308 e. The second-order valence-corrected chi connectivity index (χ2v) is 10.5. The number of thioether (sulfide) groups is 1. The monoisotopic (exact) mass is 466 g/mol. The number of azo groups is 1. The highest BCUT2D eigenvalue weighted by molar-refractivity contribution is 8.00. The van der Waals surface area contributed by atoms with Crippen molar-refractivity contribution in [3.8, 4) is 0 Å². The first kappa shape index (κ1) is 24.4. The Balaban J connectivity index is 1.65. The minimum Gasteiger partial charge on any atom is -0.308 e. The molecule has 0 aromatic heterocycles. The highest BCUT2D eigenvalue weighted by Crippen LogP contribution is 2.31. The molecule has 1 aliphatic heterocycles. The van der Waals surface area contributed by atoms with Crippen molar-refractivity contribution >= 4 is 33.3 Å². The lowest BCUT2D eigenvalue weighted by Gasteiger charge is -2.13. The first-order valence-electron chi connectivity index (χ1n) is 9.59. The third kappa shape index (κ3) is 8.50. The van der Waals surface area contributed by atoms with Gasteiger partial charge in [-0.05, 0) is 31.0 Å². The Morgan fingerprint density at radius 2 is 1.90 bits per heavy atom. The fraction of sp³-hybridized carbons (Fsp3) is 0.611. The van der Waals surface area contributed by atoms with Crippen LogP contribution in [-0.4, -0.2) is 36.8 Å². The van der Waals surface area contributed by atoms with Gasteiger partial charge in [-0.3, -0.25) is 0 Å². The second kappa shape index (κ2) is 11.0. The summed E-state index contributed by atoms with van der Waals surface area (Å²) in [6, 6.07) is 3.71. The Hall–Kier alpha value is -1.82. The van der Waals surface area contributed by atoms with E-state index in [-0.39, 0.29) is 22.6 Å². The van der Waals surface area contributed by atoms with Crippen LogP contribution in [0.2, 0.25) is 0 Å². The number of urea groups is 1. The number of alkyl halides is 3. The molecular weight excluding hydrogens is 441 g/mol. The lowest BCUT2D eigenvalue weighted by Crippen LogP contribution is -2.34. The molecule has 1 aromatic rings. The molecule has 0 aliphatic carbocycles. The minimum atomic E-state index is -4.48. The Morgan fingerprint density at radius 3 is 2.60 bits per heavy atom. The molecule has 2 N–H and O–H groups in total. The standard InChI is InChI=1S/C18H25F3N4O3S2/c1-2-30(27,28)11-6-4-3-5-10-15-24-25-17(29-15)23-16(26)22-14-9-7-8-13(12-14)18(19,20)21/h7-9,12,15,17H,2-6,10-11H2,1H3,(H2,22,23,26)/t15-,17+/m0/s1. The quantitative estimate of drug-likeness (QED) is 0.473. The van der Waals surface area contributed by atoms with E-state index in [0.29, 0.717) is 6.42 Å². The van der Waals surface area contributed by atoms with Crippen molar-refractivity contribution in [2.45, 2.75) is 56.1 Å². The van der Waals surface area contributed by atoms with Gasteiger partial charge in [0.1, 0.15) is 15.2 Å². The number of nitrogens with zero attached hydrogens (tertiary/aromatic N) is 2. The number of unbranched alkanes of at least 4 members (excludes halogenated alkanes) is 3. The van der Waals surface area contributed by atoms with Crippen LogP contribution in [-0.2, 0) is 16.0 Å². The van der Waals surface area contributed by atoms with Gasteiger partial charge in [-0.25, -0.2) is 13.2 Å². The Bertz CT molecular complexity index is 847. The Kier molecular flexibility index (Phi) is 8.95. The van der Waals surface area contributed by atoms with Crippen LogP contribution in [0.25, 0.3) is 0 Å². The van der Waals surface area contributed by atoms with Crippen LogP contribution in [0.4, 0.5) is 23.7 Å². The molecule has 0 fully saturated rings. The molecular formula is C18H25F3N4O3S2. The molecule has 12 heteroatoms. The third-order valence-electron chi connectivity index (χ3n) is 4.38. The summed E-state index contributed by atoms with van der Waals surface area (Å²) in [6.45, 7) is 1.64. The number of halogens is 3. The number of hydrogen-bond acceptors (Lipinski definition) is 6. The van der Waals surface area contributed by atoms with Gasteiger partial charge in [-0.15, -0.1) is 0 Å². The molecule has 30 heavy (non-hydrogen) atoms. The van der Waals surface area contributed by atoms with E-state index in [1.807, 2.05) is 0 Å². The van der Waals surface area contributed by atoms with Gasteiger partial charge in [0.05, 0.1) is 11.3 Å². The predicted molar refractivity (Wildman–Crippen MR) is 111 cm³/mol. The lowest BCUT2D eigenvalue weighted by atomic mass is 10.1. The van der Waals surface area contributed by atoms with E-state index in [1.54, 1.807) is 6.92 Å². The number of anilines is 1. The number of amides is 2. The molecule has 0 saturated carbocycles. The summed E-state index contributed by atoms with van der Waals surface area (Å²) in [5, 5.41) is 12.9. The van der Waals surface area contributed by atoms with Crippen molar-refractivity contribution in [3.63, 3.8) is 0 Å². The average molecular weight is 467 g/mol. The molecule has 1 heterocycles. The normalized spacial score (nSPS) is 19.1. The van der Waals surface area contributed by atoms with E-state index in [1.165, 1.54) is 23.9 Å². The van der Waals surface area contributed by atoms with Gasteiger partial charge in [0, 0.05) is 11.4 Å². The van der Waals surface area contributed by atoms with Crippen molar-refractivity contribution in [1.82, 2.24) is 5.32 Å². The number of rotatable bonds is 10. The first-order valence-corrected chi connectivity index (χ1v) is 12.4. The zero-order valence-corrected chi connectivity index (χ0v) is 18.1. The molecule has 7 nitrogen and oxygen atoms in total. The number of sulfone groups is 1. The van der Waals surface area contributed by atoms with Crippen LogP contribution in [0.3, 0.4) is 0 Å². The number of benzene rings is 1. The van der Waals surface area contributed by atoms with Crippen molar-refractivity contribution in [2.75, 3.05) is 16.8 Å². The van der Waals surface area contributed by atoms with Crippen LogP contribution >= 0.6 is 11.8 Å². The van der Waals surface area contributed by atoms with E-state index in [2.05, 4.69) is 20.9 Å². The van der Waals surface area contributed by atoms with Gasteiger partial charge in [0.15, 0.2) is 5.50 Å². The maximum atomic E-state index is 12.7. The first-order chi connectivity index (χ1) is 14.1. The Morgan fingerprint density at radius 1 is 1.17 bits per heavy atom. The topological polar surface area (TPSA) is 100.0 Å². The molecule has 0 bridgehead atoms. The maximum Gasteiger partial charge on any atom is 0.416 e. The number of hydrogen-bond donors (Lipinski definition) is 2. The lowest BCUT2D eigenvalue weighted by molar-refractivity contribution is -0.137. The highest BCUT2D eigenvalue weighted by atomic mass is 32.2. The van der Waals surface area contributed by atoms with Gasteiger partial charge in [-0.2, -0.15) is 23.4 Å². The van der Waals surface area contributed by atoms with E-state index in [4.69, 9.17) is 0 Å². The summed E-state index contributed by atoms with van der Waals surface area (Å²) in [7, 11) is -2.91. The van der Waals surface area contributed by atoms with Crippen molar-refractivity contribution in [1.29, 1.82) is 0 Å². The molecule has 0 unspecified atom stereocenters. The zero-order chi connectivity index (χ0) is 22.2. The molecule has 0 saturated heterocycles. The van der Waals surface area contributed by atoms with Gasteiger partial charge in [0.25, 0.3) is 0 Å². The highest BCUT2D eigenvalue weighted by Gasteiger charge is 2.30. The number of nitrogens with one attached hydrogen (secondary N) is 2. The van der Waals surface area contributed by atoms with E-state index in [9.17, 15) is 26.4 Å². The molecule has 0 spiro atoms. The maximum absolute atomic E-state index is 12.7. The van der Waals surface area contributed by atoms with E-state index < -0.39 is 33.1 Å². The van der Waals surface area contributed by atoms with Gasteiger partial charge >= 0.3 is 12.2 Å². The fourth-order valence-corrected chi connectivity index (χ4v) is 4.64. The number of carbonyl (C=O) groups excluding carboxylic acids is 1. The zero-order valence-electron chi connectivity index (χ0n) is 16.5. The largest absolute Gasteiger partial charge is 0.416 e. The van der Waals surface area contributed by atoms with Crippen molar-refractivity contribution < 1.29 is 26.4 Å². The van der Waals surface area contributed by atoms with E-state index >= 15 is 0 Å². The predicted octanol–water partition coefficient (Wildman–Crippen LogP) is 5.02. The van der Waals surface area contributed by atoms with Crippen molar-refractivity contribution in [2.24, 2.45) is 10.2 Å².